The Labute approximate surface area is 157 Å². The summed E-state index contributed by atoms with van der Waals surface area (Å²) in [7, 11) is 0. The monoisotopic (exact) mass is 360 g/mol. The Bertz CT molecular complexity index is 968. The van der Waals surface area contributed by atoms with Crippen molar-refractivity contribution in [2.24, 2.45) is 0 Å². The Hall–Kier alpha value is -3.54. The molecule has 0 aliphatic carbocycles. The molecule has 0 aliphatic heterocycles. The smallest absolute Gasteiger partial charge is 0.272 e. The predicted molar refractivity (Wildman–Crippen MR) is 104 cm³/mol. The van der Waals surface area contributed by atoms with E-state index in [1.807, 2.05) is 37.3 Å². The highest BCUT2D eigenvalue weighted by atomic mass is 16.2. The van der Waals surface area contributed by atoms with Crippen LogP contribution < -0.4 is 10.6 Å². The van der Waals surface area contributed by atoms with Gasteiger partial charge >= 0.3 is 0 Å². The van der Waals surface area contributed by atoms with Crippen molar-refractivity contribution in [2.75, 3.05) is 5.32 Å². The highest BCUT2D eigenvalue weighted by Crippen LogP contribution is 2.16. The van der Waals surface area contributed by atoms with Crippen LogP contribution in [-0.2, 0) is 6.54 Å². The number of rotatable bonds is 6. The molecule has 3 aromatic rings. The minimum atomic E-state index is -0.283. The second-order valence-corrected chi connectivity index (χ2v) is 6.24. The number of amides is 1. The fraction of sp³-hybridized carbons (Fsp3) is 0.143. The molecule has 2 aromatic carbocycles. The van der Waals surface area contributed by atoms with Crippen molar-refractivity contribution in [3.05, 3.63) is 83.0 Å². The summed E-state index contributed by atoms with van der Waals surface area (Å²) in [6.07, 6.45) is 0. The van der Waals surface area contributed by atoms with Crippen molar-refractivity contribution in [3.63, 3.8) is 0 Å². The maximum absolute atomic E-state index is 12.2. The van der Waals surface area contributed by atoms with Crippen LogP contribution in [0.2, 0.25) is 0 Å². The number of hydrogen-bond acceptors (Lipinski definition) is 5. The standard InChI is InChI=1S/C21H20N4O2/c1-14-5-3-6-16(11-14)13-22-21(27)19-9-10-20(25-24-19)23-18-8-4-7-17(12-18)15(2)26/h3-12H,13H2,1-2H3,(H,22,27)(H,23,25). The first-order chi connectivity index (χ1) is 13.0. The third-order valence-corrected chi connectivity index (χ3v) is 3.97. The zero-order valence-corrected chi connectivity index (χ0v) is 15.2. The lowest BCUT2D eigenvalue weighted by atomic mass is 10.1. The van der Waals surface area contributed by atoms with Crippen molar-refractivity contribution in [3.8, 4) is 0 Å². The number of ketones is 1. The Morgan fingerprint density at radius 3 is 2.48 bits per heavy atom. The predicted octanol–water partition coefficient (Wildman–Crippen LogP) is 3.66. The lowest BCUT2D eigenvalue weighted by Gasteiger charge is -2.08. The number of nitrogens with zero attached hydrogens (tertiary/aromatic N) is 2. The van der Waals surface area contributed by atoms with E-state index in [9.17, 15) is 9.59 Å². The van der Waals surface area contributed by atoms with Crippen molar-refractivity contribution >= 4 is 23.2 Å². The molecule has 0 spiro atoms. The van der Waals surface area contributed by atoms with Gasteiger partial charge in [-0.3, -0.25) is 9.59 Å². The van der Waals surface area contributed by atoms with Crippen LogP contribution in [0.4, 0.5) is 11.5 Å². The molecule has 3 rings (SSSR count). The van der Waals surface area contributed by atoms with Gasteiger partial charge < -0.3 is 10.6 Å². The zero-order chi connectivity index (χ0) is 19.2. The van der Waals surface area contributed by atoms with Crippen LogP contribution in [0.25, 0.3) is 0 Å². The molecule has 0 bridgehead atoms. The second-order valence-electron chi connectivity index (χ2n) is 6.24. The first kappa shape index (κ1) is 18.3. The first-order valence-corrected chi connectivity index (χ1v) is 8.57. The van der Waals surface area contributed by atoms with E-state index in [0.717, 1.165) is 16.8 Å². The average molecular weight is 360 g/mol. The van der Waals surface area contributed by atoms with Gasteiger partial charge in [-0.15, -0.1) is 10.2 Å². The van der Waals surface area contributed by atoms with E-state index in [2.05, 4.69) is 20.8 Å². The lowest BCUT2D eigenvalue weighted by molar-refractivity contribution is 0.0944. The summed E-state index contributed by atoms with van der Waals surface area (Å²) >= 11 is 0. The fourth-order valence-corrected chi connectivity index (χ4v) is 2.58. The summed E-state index contributed by atoms with van der Waals surface area (Å²) in [5, 5.41) is 13.9. The Kier molecular flexibility index (Phi) is 5.56. The number of carbonyl (C=O) groups is 2. The molecule has 0 fully saturated rings. The van der Waals surface area contributed by atoms with Gasteiger partial charge in [0.05, 0.1) is 0 Å². The summed E-state index contributed by atoms with van der Waals surface area (Å²) in [6, 6.07) is 18.3. The van der Waals surface area contributed by atoms with Gasteiger partial charge in [0.15, 0.2) is 17.3 Å². The van der Waals surface area contributed by atoms with E-state index < -0.39 is 0 Å². The van der Waals surface area contributed by atoms with Crippen LogP contribution in [0.1, 0.15) is 38.9 Å². The normalized spacial score (nSPS) is 10.3. The number of aryl methyl sites for hydroxylation is 1. The van der Waals surface area contributed by atoms with Gasteiger partial charge in [0.25, 0.3) is 5.91 Å². The molecule has 1 aromatic heterocycles. The lowest BCUT2D eigenvalue weighted by Crippen LogP contribution is -2.24. The molecule has 0 radical (unpaired) electrons. The zero-order valence-electron chi connectivity index (χ0n) is 15.2. The van der Waals surface area contributed by atoms with E-state index in [4.69, 9.17) is 0 Å². The maximum Gasteiger partial charge on any atom is 0.272 e. The van der Waals surface area contributed by atoms with Crippen LogP contribution in [0.3, 0.4) is 0 Å². The quantitative estimate of drug-likeness (QED) is 0.656. The molecule has 27 heavy (non-hydrogen) atoms. The maximum atomic E-state index is 12.2. The van der Waals surface area contributed by atoms with E-state index in [1.165, 1.54) is 6.92 Å². The topological polar surface area (TPSA) is 84.0 Å². The first-order valence-electron chi connectivity index (χ1n) is 8.57. The SMILES string of the molecule is CC(=O)c1cccc(Nc2ccc(C(=O)NCc3cccc(C)c3)nn2)c1. The van der Waals surface area contributed by atoms with E-state index in [1.54, 1.807) is 30.3 Å². The van der Waals surface area contributed by atoms with E-state index >= 15 is 0 Å². The number of Topliss-reactive ketones (excluding diaryl/α,β-unsaturated/α-hetero) is 1. The Morgan fingerprint density at radius 2 is 1.78 bits per heavy atom. The van der Waals surface area contributed by atoms with E-state index in [-0.39, 0.29) is 17.4 Å². The van der Waals surface area contributed by atoms with Gasteiger partial charge in [-0.1, -0.05) is 42.0 Å². The highest BCUT2D eigenvalue weighted by molar-refractivity contribution is 5.95. The highest BCUT2D eigenvalue weighted by Gasteiger charge is 2.08. The molecule has 0 saturated heterocycles. The Balaban J connectivity index is 1.62. The Morgan fingerprint density at radius 1 is 0.963 bits per heavy atom. The average Bonchev–Trinajstić information content (AvgIpc) is 2.67. The molecule has 0 unspecified atom stereocenters. The van der Waals surface area contributed by atoms with Crippen LogP contribution in [-0.4, -0.2) is 21.9 Å². The van der Waals surface area contributed by atoms with Crippen LogP contribution in [0.15, 0.2) is 60.7 Å². The number of carbonyl (C=O) groups excluding carboxylic acids is 2. The summed E-state index contributed by atoms with van der Waals surface area (Å²) in [6.45, 7) is 3.96. The number of nitrogens with one attached hydrogen (secondary N) is 2. The molecular weight excluding hydrogens is 340 g/mol. The molecule has 136 valence electrons. The molecule has 1 amide bonds. The summed E-state index contributed by atoms with van der Waals surface area (Å²) < 4.78 is 0. The van der Waals surface area contributed by atoms with Crippen molar-refractivity contribution in [2.45, 2.75) is 20.4 Å². The van der Waals surface area contributed by atoms with Gasteiger partial charge in [-0.25, -0.2) is 0 Å². The molecule has 6 heteroatoms. The third kappa shape index (κ3) is 4.98. The van der Waals surface area contributed by atoms with Gasteiger partial charge in [-0.05, 0) is 43.7 Å². The summed E-state index contributed by atoms with van der Waals surface area (Å²) in [5.41, 5.74) is 3.75. The molecule has 0 atom stereocenters. The van der Waals surface area contributed by atoms with E-state index in [0.29, 0.717) is 17.9 Å². The molecule has 1 heterocycles. The molecular formula is C21H20N4O2. The minimum absolute atomic E-state index is 0.00892. The van der Waals surface area contributed by atoms with Crippen molar-refractivity contribution in [1.82, 2.24) is 15.5 Å². The number of aromatic nitrogens is 2. The number of benzene rings is 2. The van der Waals surface area contributed by atoms with Crippen molar-refractivity contribution < 1.29 is 9.59 Å². The molecule has 0 aliphatic rings. The molecule has 2 N–H and O–H groups in total. The van der Waals surface area contributed by atoms with Gasteiger partial charge in [0, 0.05) is 17.8 Å². The number of anilines is 2. The largest absolute Gasteiger partial charge is 0.347 e. The van der Waals surface area contributed by atoms with Gasteiger partial charge in [-0.2, -0.15) is 0 Å². The third-order valence-electron chi connectivity index (χ3n) is 3.97. The summed E-state index contributed by atoms with van der Waals surface area (Å²) in [4.78, 5) is 23.7. The minimum Gasteiger partial charge on any atom is -0.347 e. The van der Waals surface area contributed by atoms with Crippen LogP contribution in [0.5, 0.6) is 0 Å². The number of hydrogen-bond donors (Lipinski definition) is 2. The summed E-state index contributed by atoms with van der Waals surface area (Å²) in [5.74, 6) is 0.199. The second kappa shape index (κ2) is 8.23. The molecule has 0 saturated carbocycles. The van der Waals surface area contributed by atoms with Gasteiger partial charge in [0.2, 0.25) is 0 Å². The fourth-order valence-electron chi connectivity index (χ4n) is 2.58. The molecule has 6 nitrogen and oxygen atoms in total. The van der Waals surface area contributed by atoms with Crippen molar-refractivity contribution in [1.29, 1.82) is 0 Å². The van der Waals surface area contributed by atoms with Gasteiger partial charge in [0.1, 0.15) is 0 Å². The van der Waals surface area contributed by atoms with Crippen LogP contribution in [0, 0.1) is 6.92 Å². The van der Waals surface area contributed by atoms with Crippen LogP contribution >= 0.6 is 0 Å².